The molecule has 136 valence electrons. The summed E-state index contributed by atoms with van der Waals surface area (Å²) in [4.78, 5) is 12.6. The van der Waals surface area contributed by atoms with Crippen molar-refractivity contribution in [3.05, 3.63) is 64.0 Å². The largest absolute Gasteiger partial charge is 0.421 e. The van der Waals surface area contributed by atoms with Gasteiger partial charge in [0.2, 0.25) is 0 Å². The third kappa shape index (κ3) is 3.30. The highest BCUT2D eigenvalue weighted by Gasteiger charge is 2.22. The van der Waals surface area contributed by atoms with Crippen LogP contribution >= 0.6 is 0 Å². The molecule has 0 spiro atoms. The van der Waals surface area contributed by atoms with Crippen LogP contribution in [0.1, 0.15) is 18.1 Å². The minimum atomic E-state index is -3.94. The van der Waals surface area contributed by atoms with Gasteiger partial charge in [0.25, 0.3) is 10.0 Å². The summed E-state index contributed by atoms with van der Waals surface area (Å²) in [5, 5.41) is 3.70. The molecule has 0 unspecified atom stereocenters. The van der Waals surface area contributed by atoms with Gasteiger partial charge in [0.1, 0.15) is 5.58 Å². The molecule has 2 N–H and O–H groups in total. The second-order valence-corrected chi connectivity index (χ2v) is 7.69. The molecule has 6 nitrogen and oxygen atoms in total. The zero-order chi connectivity index (χ0) is 18.9. The quantitative estimate of drug-likeness (QED) is 0.668. The van der Waals surface area contributed by atoms with Crippen molar-refractivity contribution >= 4 is 32.4 Å². The van der Waals surface area contributed by atoms with Crippen LogP contribution in [0.3, 0.4) is 0 Å². The first-order chi connectivity index (χ1) is 12.3. The van der Waals surface area contributed by atoms with Crippen molar-refractivity contribution in [2.75, 3.05) is 16.6 Å². The fourth-order valence-electron chi connectivity index (χ4n) is 2.89. The van der Waals surface area contributed by atoms with E-state index in [1.165, 1.54) is 6.07 Å². The average Bonchev–Trinajstić information content (AvgIpc) is 2.57. The monoisotopic (exact) mass is 372 g/mol. The molecule has 0 aliphatic carbocycles. The molecule has 1 aromatic heterocycles. The van der Waals surface area contributed by atoms with E-state index in [1.54, 1.807) is 43.3 Å². The minimum absolute atomic E-state index is 0.120. The Hall–Kier alpha value is -2.80. The molecule has 0 radical (unpaired) electrons. The Morgan fingerprint density at radius 1 is 1.04 bits per heavy atom. The van der Waals surface area contributed by atoms with Crippen molar-refractivity contribution < 1.29 is 12.8 Å². The second-order valence-electron chi connectivity index (χ2n) is 6.04. The predicted molar refractivity (Wildman–Crippen MR) is 103 cm³/mol. The van der Waals surface area contributed by atoms with Gasteiger partial charge < -0.3 is 9.73 Å². The van der Waals surface area contributed by atoms with Crippen LogP contribution in [0.25, 0.3) is 11.0 Å². The number of sulfonamides is 1. The number of rotatable bonds is 5. The van der Waals surface area contributed by atoms with Crippen LogP contribution in [0.2, 0.25) is 0 Å². The summed E-state index contributed by atoms with van der Waals surface area (Å²) in [7, 11) is -3.94. The highest BCUT2D eigenvalue weighted by molar-refractivity contribution is 7.92. The number of benzene rings is 2. The lowest BCUT2D eigenvalue weighted by Gasteiger charge is -2.15. The van der Waals surface area contributed by atoms with Gasteiger partial charge in [-0.05, 0) is 44.5 Å². The van der Waals surface area contributed by atoms with E-state index >= 15 is 0 Å². The van der Waals surface area contributed by atoms with E-state index in [0.717, 1.165) is 5.56 Å². The molecule has 2 aromatic carbocycles. The van der Waals surface area contributed by atoms with Crippen molar-refractivity contribution in [2.45, 2.75) is 25.7 Å². The van der Waals surface area contributed by atoms with Gasteiger partial charge in [0.05, 0.1) is 10.6 Å². The lowest BCUT2D eigenvalue weighted by Crippen LogP contribution is -2.21. The number of hydrogen-bond donors (Lipinski definition) is 2. The summed E-state index contributed by atoms with van der Waals surface area (Å²) in [5.41, 5.74) is 1.50. The topological polar surface area (TPSA) is 88.4 Å². The van der Waals surface area contributed by atoms with Gasteiger partial charge in [-0.1, -0.05) is 29.8 Å². The Labute approximate surface area is 151 Å². The first-order valence-corrected chi connectivity index (χ1v) is 9.71. The van der Waals surface area contributed by atoms with Crippen molar-refractivity contribution in [1.82, 2.24) is 0 Å². The molecule has 0 aliphatic rings. The molecule has 1 heterocycles. The number of hydrogen-bond acceptors (Lipinski definition) is 5. The highest BCUT2D eigenvalue weighted by atomic mass is 32.2. The Bertz CT molecular complexity index is 1130. The molecule has 0 aliphatic heterocycles. The molecule has 0 amide bonds. The van der Waals surface area contributed by atoms with Gasteiger partial charge in [0.15, 0.2) is 5.69 Å². The van der Waals surface area contributed by atoms with Gasteiger partial charge in [-0.2, -0.15) is 0 Å². The Kier molecular flexibility index (Phi) is 4.73. The number of nitrogens with one attached hydrogen (secondary N) is 2. The van der Waals surface area contributed by atoms with Crippen LogP contribution in [0.15, 0.2) is 56.6 Å². The molecule has 3 aromatic rings. The van der Waals surface area contributed by atoms with Crippen LogP contribution in [0.4, 0.5) is 11.4 Å². The van der Waals surface area contributed by atoms with E-state index in [1.807, 2.05) is 13.8 Å². The molecule has 0 fully saturated rings. The molecule has 7 heteroatoms. The van der Waals surface area contributed by atoms with E-state index in [4.69, 9.17) is 4.42 Å². The summed E-state index contributed by atoms with van der Waals surface area (Å²) in [6.07, 6.45) is 0. The second kappa shape index (κ2) is 6.84. The van der Waals surface area contributed by atoms with Gasteiger partial charge in [0, 0.05) is 11.9 Å². The van der Waals surface area contributed by atoms with Crippen molar-refractivity contribution in [3.63, 3.8) is 0 Å². The molecule has 0 saturated heterocycles. The average molecular weight is 372 g/mol. The summed E-state index contributed by atoms with van der Waals surface area (Å²) in [6, 6.07) is 12.0. The number of fused-ring (bicyclic) bond motifs is 1. The Morgan fingerprint density at radius 3 is 2.46 bits per heavy atom. The smallest absolute Gasteiger partial charge is 0.363 e. The lowest BCUT2D eigenvalue weighted by molar-refractivity contribution is 0.563. The van der Waals surface area contributed by atoms with Crippen molar-refractivity contribution in [1.29, 1.82) is 0 Å². The van der Waals surface area contributed by atoms with E-state index in [-0.39, 0.29) is 10.6 Å². The van der Waals surface area contributed by atoms with Crippen molar-refractivity contribution in [2.24, 2.45) is 0 Å². The first-order valence-electron chi connectivity index (χ1n) is 8.23. The fourth-order valence-corrected chi connectivity index (χ4v) is 4.19. The Balaban J connectivity index is 2.17. The van der Waals surface area contributed by atoms with Gasteiger partial charge in [-0.15, -0.1) is 0 Å². The molecular weight excluding hydrogens is 352 g/mol. The zero-order valence-electron chi connectivity index (χ0n) is 14.8. The van der Waals surface area contributed by atoms with Gasteiger partial charge in [-0.3, -0.25) is 4.72 Å². The van der Waals surface area contributed by atoms with Crippen LogP contribution in [0, 0.1) is 13.8 Å². The first kappa shape index (κ1) is 18.0. The van der Waals surface area contributed by atoms with Crippen LogP contribution in [-0.4, -0.2) is 15.0 Å². The molecule has 0 bridgehead atoms. The molecule has 3 rings (SSSR count). The van der Waals surface area contributed by atoms with E-state index < -0.39 is 15.6 Å². The molecule has 0 atom stereocenters. The standard InChI is InChI=1S/C19H20N2O4S/c1-4-20-17-14-7-5-6-8-15(14)25-19(22)18(17)21-26(23,24)16-10-9-12(2)11-13(16)3/h5-11,20-21H,4H2,1-3H3. The van der Waals surface area contributed by atoms with Crippen LogP contribution < -0.4 is 15.7 Å². The fraction of sp³-hybridized carbons (Fsp3) is 0.211. The lowest BCUT2D eigenvalue weighted by atomic mass is 10.2. The Morgan fingerprint density at radius 2 is 1.77 bits per heavy atom. The summed E-state index contributed by atoms with van der Waals surface area (Å²) < 4.78 is 33.4. The maximum Gasteiger partial charge on any atom is 0.363 e. The van der Waals surface area contributed by atoms with E-state index in [9.17, 15) is 13.2 Å². The predicted octanol–water partition coefficient (Wildman–Crippen LogP) is 3.64. The SMILES string of the molecule is CCNc1c(NS(=O)(=O)c2ccc(C)cc2C)c(=O)oc2ccccc12. The normalized spacial score (nSPS) is 11.5. The third-order valence-electron chi connectivity index (χ3n) is 4.02. The van der Waals surface area contributed by atoms with E-state index in [0.29, 0.717) is 28.8 Å². The molecule has 0 saturated carbocycles. The number of aryl methyl sites for hydroxylation is 2. The molecule has 26 heavy (non-hydrogen) atoms. The number of para-hydroxylation sites is 1. The number of anilines is 2. The molecular formula is C19H20N2O4S. The summed E-state index contributed by atoms with van der Waals surface area (Å²) in [5.74, 6) is 0. The zero-order valence-corrected chi connectivity index (χ0v) is 15.6. The van der Waals surface area contributed by atoms with Gasteiger partial charge >= 0.3 is 5.63 Å². The maximum absolute atomic E-state index is 12.9. The van der Waals surface area contributed by atoms with E-state index in [2.05, 4.69) is 10.0 Å². The summed E-state index contributed by atoms with van der Waals surface area (Å²) >= 11 is 0. The third-order valence-corrected chi connectivity index (χ3v) is 5.53. The van der Waals surface area contributed by atoms with Gasteiger partial charge in [-0.25, -0.2) is 13.2 Å². The summed E-state index contributed by atoms with van der Waals surface area (Å²) in [6.45, 7) is 5.99. The van der Waals surface area contributed by atoms with Crippen molar-refractivity contribution in [3.8, 4) is 0 Å². The maximum atomic E-state index is 12.9. The van der Waals surface area contributed by atoms with Crippen LogP contribution in [-0.2, 0) is 10.0 Å². The van der Waals surface area contributed by atoms with Crippen LogP contribution in [0.5, 0.6) is 0 Å². The minimum Gasteiger partial charge on any atom is -0.421 e. The highest BCUT2D eigenvalue weighted by Crippen LogP contribution is 2.30.